The molecule has 6 nitrogen and oxygen atoms in total. The van der Waals surface area contributed by atoms with E-state index in [1.54, 1.807) is 27.7 Å². The van der Waals surface area contributed by atoms with Crippen LogP contribution >= 0.6 is 0 Å². The second-order valence-corrected chi connectivity index (χ2v) is 6.11. The van der Waals surface area contributed by atoms with Crippen molar-refractivity contribution in [3.63, 3.8) is 0 Å². The fourth-order valence-electron chi connectivity index (χ4n) is 1.30. The lowest BCUT2D eigenvalue weighted by atomic mass is 9.78. The van der Waals surface area contributed by atoms with E-state index in [1.165, 1.54) is 6.92 Å². The van der Waals surface area contributed by atoms with Gasteiger partial charge in [0.25, 0.3) is 0 Å². The van der Waals surface area contributed by atoms with Gasteiger partial charge in [0.05, 0.1) is 5.41 Å². The van der Waals surface area contributed by atoms with Crippen LogP contribution in [-0.4, -0.2) is 34.1 Å². The lowest BCUT2D eigenvalue weighted by Gasteiger charge is -2.28. The first-order valence-corrected chi connectivity index (χ1v) is 6.17. The van der Waals surface area contributed by atoms with Gasteiger partial charge < -0.3 is 15.5 Å². The molecule has 19 heavy (non-hydrogen) atoms. The Balaban J connectivity index is 4.59. The van der Waals surface area contributed by atoms with Crippen molar-refractivity contribution in [2.24, 2.45) is 10.8 Å². The van der Waals surface area contributed by atoms with Crippen LogP contribution in [0.3, 0.4) is 0 Å². The third-order valence-corrected chi connectivity index (χ3v) is 3.29. The summed E-state index contributed by atoms with van der Waals surface area (Å²) in [5.41, 5.74) is -1.72. The molecule has 0 aliphatic carbocycles. The first-order valence-electron chi connectivity index (χ1n) is 6.17. The van der Waals surface area contributed by atoms with Crippen molar-refractivity contribution in [2.45, 2.75) is 53.5 Å². The maximum atomic E-state index is 11.9. The predicted molar refractivity (Wildman–Crippen MR) is 69.7 cm³/mol. The molecule has 0 aromatic carbocycles. The SMILES string of the molecule is C[C@H](NC(=O)C(C)(C)CCC(C)(C)C(=O)O)C(=O)O. The molecule has 3 N–H and O–H groups in total. The highest BCUT2D eigenvalue weighted by molar-refractivity contribution is 5.86. The highest BCUT2D eigenvalue weighted by atomic mass is 16.4. The highest BCUT2D eigenvalue weighted by Crippen LogP contribution is 2.31. The topological polar surface area (TPSA) is 104 Å². The first kappa shape index (κ1) is 17.4. The standard InChI is InChI=1S/C13H23NO5/c1-8(9(15)16)14-10(17)12(2,3)6-7-13(4,5)11(18)19/h8H,6-7H2,1-5H3,(H,14,17)(H,15,16)(H,18,19)/t8-/m0/s1. The molecule has 0 radical (unpaired) electrons. The van der Waals surface area contributed by atoms with Gasteiger partial charge in [-0.1, -0.05) is 13.8 Å². The predicted octanol–water partition coefficient (Wildman–Crippen LogP) is 1.49. The number of hydrogen-bond acceptors (Lipinski definition) is 3. The van der Waals surface area contributed by atoms with Crippen molar-refractivity contribution < 1.29 is 24.6 Å². The smallest absolute Gasteiger partial charge is 0.325 e. The number of hydrogen-bond donors (Lipinski definition) is 3. The molecule has 110 valence electrons. The Kier molecular flexibility index (Phi) is 5.53. The van der Waals surface area contributed by atoms with Crippen molar-refractivity contribution in [3.05, 3.63) is 0 Å². The number of aliphatic carboxylic acids is 2. The van der Waals surface area contributed by atoms with Gasteiger partial charge in [-0.05, 0) is 33.6 Å². The van der Waals surface area contributed by atoms with Gasteiger partial charge in [0.15, 0.2) is 0 Å². The molecular formula is C13H23NO5. The normalized spacial score (nSPS) is 13.7. The summed E-state index contributed by atoms with van der Waals surface area (Å²) in [6, 6.07) is -0.959. The molecule has 0 aliphatic rings. The summed E-state index contributed by atoms with van der Waals surface area (Å²) in [7, 11) is 0. The molecule has 0 fully saturated rings. The summed E-state index contributed by atoms with van der Waals surface area (Å²) in [4.78, 5) is 33.6. The van der Waals surface area contributed by atoms with E-state index in [0.29, 0.717) is 12.8 Å². The summed E-state index contributed by atoms with van der Waals surface area (Å²) in [5, 5.41) is 20.2. The van der Waals surface area contributed by atoms with E-state index in [2.05, 4.69) is 5.32 Å². The zero-order chi connectivity index (χ0) is 15.4. The molecule has 0 spiro atoms. The molecule has 0 heterocycles. The Morgan fingerprint density at radius 2 is 1.42 bits per heavy atom. The van der Waals surface area contributed by atoms with Gasteiger partial charge in [0.2, 0.25) is 5.91 Å². The zero-order valence-electron chi connectivity index (χ0n) is 12.1. The molecule has 0 aliphatic heterocycles. The summed E-state index contributed by atoms with van der Waals surface area (Å²) in [6.07, 6.45) is 0.703. The number of carbonyl (C=O) groups excluding carboxylic acids is 1. The fraction of sp³-hybridized carbons (Fsp3) is 0.769. The van der Waals surface area contributed by atoms with E-state index >= 15 is 0 Å². The fourth-order valence-corrected chi connectivity index (χ4v) is 1.30. The maximum absolute atomic E-state index is 11.9. The number of rotatable bonds is 7. The summed E-state index contributed by atoms with van der Waals surface area (Å²) >= 11 is 0. The molecule has 1 atom stereocenters. The first-order chi connectivity index (χ1) is 8.40. The van der Waals surface area contributed by atoms with Gasteiger partial charge in [-0.15, -0.1) is 0 Å². The highest BCUT2D eigenvalue weighted by Gasteiger charge is 2.34. The number of carbonyl (C=O) groups is 3. The molecule has 0 rings (SSSR count). The van der Waals surface area contributed by atoms with Crippen molar-refractivity contribution in [1.29, 1.82) is 0 Å². The molecule has 6 heteroatoms. The number of carboxylic acids is 2. The van der Waals surface area contributed by atoms with Crippen LogP contribution < -0.4 is 5.32 Å². The molecule has 0 saturated carbocycles. The minimum atomic E-state index is -1.10. The molecule has 0 aromatic rings. The molecule has 0 saturated heterocycles. The maximum Gasteiger partial charge on any atom is 0.325 e. The largest absolute Gasteiger partial charge is 0.481 e. The average Bonchev–Trinajstić information content (AvgIpc) is 2.26. The van der Waals surface area contributed by atoms with Crippen LogP contribution in [0.4, 0.5) is 0 Å². The van der Waals surface area contributed by atoms with E-state index < -0.39 is 28.8 Å². The van der Waals surface area contributed by atoms with E-state index in [4.69, 9.17) is 10.2 Å². The van der Waals surface area contributed by atoms with E-state index in [9.17, 15) is 14.4 Å². The van der Waals surface area contributed by atoms with Gasteiger partial charge in [-0.3, -0.25) is 14.4 Å². The summed E-state index contributed by atoms with van der Waals surface area (Å²) < 4.78 is 0. The van der Waals surface area contributed by atoms with Crippen molar-refractivity contribution >= 4 is 17.8 Å². The minimum absolute atomic E-state index is 0.338. The molecular weight excluding hydrogens is 250 g/mol. The summed E-state index contributed by atoms with van der Waals surface area (Å²) in [6.45, 7) is 7.94. The molecule has 1 amide bonds. The van der Waals surface area contributed by atoms with Gasteiger partial charge in [0.1, 0.15) is 6.04 Å². The van der Waals surface area contributed by atoms with Crippen LogP contribution in [-0.2, 0) is 14.4 Å². The molecule has 0 bridgehead atoms. The second kappa shape index (κ2) is 6.04. The van der Waals surface area contributed by atoms with Crippen molar-refractivity contribution in [1.82, 2.24) is 5.32 Å². The second-order valence-electron chi connectivity index (χ2n) is 6.11. The van der Waals surface area contributed by atoms with Gasteiger partial charge >= 0.3 is 11.9 Å². The van der Waals surface area contributed by atoms with Crippen LogP contribution in [0.25, 0.3) is 0 Å². The van der Waals surface area contributed by atoms with Crippen LogP contribution in [0, 0.1) is 10.8 Å². The van der Waals surface area contributed by atoms with E-state index in [0.717, 1.165) is 0 Å². The van der Waals surface area contributed by atoms with Crippen LogP contribution in [0.5, 0.6) is 0 Å². The number of nitrogens with one attached hydrogen (secondary N) is 1. The third-order valence-electron chi connectivity index (χ3n) is 3.29. The average molecular weight is 273 g/mol. The monoisotopic (exact) mass is 273 g/mol. The van der Waals surface area contributed by atoms with Crippen LogP contribution in [0.15, 0.2) is 0 Å². The Bertz CT molecular complexity index is 373. The Hall–Kier alpha value is -1.59. The number of amides is 1. The summed E-state index contributed by atoms with van der Waals surface area (Å²) in [5.74, 6) is -2.40. The lowest BCUT2D eigenvalue weighted by molar-refractivity contribution is -0.148. The molecule has 0 unspecified atom stereocenters. The van der Waals surface area contributed by atoms with Crippen LogP contribution in [0.1, 0.15) is 47.5 Å². The van der Waals surface area contributed by atoms with Crippen molar-refractivity contribution in [3.8, 4) is 0 Å². The zero-order valence-corrected chi connectivity index (χ0v) is 12.1. The van der Waals surface area contributed by atoms with Crippen LogP contribution in [0.2, 0.25) is 0 Å². The van der Waals surface area contributed by atoms with E-state index in [1.807, 2.05) is 0 Å². The Morgan fingerprint density at radius 1 is 1.00 bits per heavy atom. The van der Waals surface area contributed by atoms with Gasteiger partial charge in [0, 0.05) is 5.41 Å². The lowest BCUT2D eigenvalue weighted by Crippen LogP contribution is -2.45. The minimum Gasteiger partial charge on any atom is -0.481 e. The van der Waals surface area contributed by atoms with E-state index in [-0.39, 0.29) is 5.91 Å². The van der Waals surface area contributed by atoms with Gasteiger partial charge in [-0.2, -0.15) is 0 Å². The quantitative estimate of drug-likeness (QED) is 0.652. The molecule has 0 aromatic heterocycles. The Labute approximate surface area is 113 Å². The van der Waals surface area contributed by atoms with Crippen molar-refractivity contribution in [2.75, 3.05) is 0 Å². The Morgan fingerprint density at radius 3 is 1.79 bits per heavy atom. The third kappa shape index (κ3) is 5.28. The van der Waals surface area contributed by atoms with Gasteiger partial charge in [-0.25, -0.2) is 0 Å². The number of carboxylic acid groups (broad SMARTS) is 2.